The number of nitro groups is 1. The van der Waals surface area contributed by atoms with Gasteiger partial charge in [-0.05, 0) is 24.8 Å². The largest absolute Gasteiger partial charge is 0.480 e. The standard InChI is InChI=1S/C21H29N3O8/c1-5-32-18(26)11-16(14-6-8-15(9-7-14)24(30)31)19(21(28)29)23-20(27)17(10-12(2)3)22-13(4)25/h6-9,12,16-17,19H,5,10-11H2,1-4H3,(H,22,25)(H,23,27)(H,28,29)/t16-,17-,19-/m0/s1. The van der Waals surface area contributed by atoms with Crippen LogP contribution in [0.1, 0.15) is 52.0 Å². The number of amides is 2. The highest BCUT2D eigenvalue weighted by Crippen LogP contribution is 2.27. The zero-order chi connectivity index (χ0) is 24.4. The normalized spacial score (nSPS) is 13.5. The average molecular weight is 451 g/mol. The minimum Gasteiger partial charge on any atom is -0.480 e. The molecule has 0 aliphatic heterocycles. The number of hydrogen-bond donors (Lipinski definition) is 3. The quantitative estimate of drug-likeness (QED) is 0.246. The Morgan fingerprint density at radius 3 is 2.16 bits per heavy atom. The molecule has 2 amide bonds. The first-order valence-corrected chi connectivity index (χ1v) is 10.2. The number of esters is 1. The highest BCUT2D eigenvalue weighted by Gasteiger charge is 2.35. The maximum absolute atomic E-state index is 12.8. The highest BCUT2D eigenvalue weighted by molar-refractivity contribution is 5.90. The molecule has 0 aliphatic carbocycles. The van der Waals surface area contributed by atoms with Crippen molar-refractivity contribution in [1.29, 1.82) is 0 Å². The molecule has 1 aromatic rings. The maximum atomic E-state index is 12.8. The van der Waals surface area contributed by atoms with Gasteiger partial charge in [-0.25, -0.2) is 4.79 Å². The second-order valence-electron chi connectivity index (χ2n) is 7.67. The van der Waals surface area contributed by atoms with Gasteiger partial charge in [-0.1, -0.05) is 26.0 Å². The molecule has 0 aliphatic rings. The Morgan fingerprint density at radius 1 is 1.12 bits per heavy atom. The van der Waals surface area contributed by atoms with Crippen LogP contribution in [0, 0.1) is 16.0 Å². The Hall–Kier alpha value is -3.50. The van der Waals surface area contributed by atoms with Gasteiger partial charge in [0.2, 0.25) is 11.8 Å². The lowest BCUT2D eigenvalue weighted by molar-refractivity contribution is -0.384. The van der Waals surface area contributed by atoms with Gasteiger partial charge in [-0.2, -0.15) is 0 Å². The summed E-state index contributed by atoms with van der Waals surface area (Å²) in [5.74, 6) is -4.28. The van der Waals surface area contributed by atoms with E-state index in [2.05, 4.69) is 10.6 Å². The molecule has 3 atom stereocenters. The number of carbonyl (C=O) groups is 4. The van der Waals surface area contributed by atoms with Gasteiger partial charge in [-0.15, -0.1) is 0 Å². The molecule has 0 bridgehead atoms. The Bertz CT molecular complexity index is 838. The molecule has 0 fully saturated rings. The van der Waals surface area contributed by atoms with Crippen molar-refractivity contribution in [3.63, 3.8) is 0 Å². The summed E-state index contributed by atoms with van der Waals surface area (Å²) in [4.78, 5) is 58.9. The minimum atomic E-state index is -1.54. The van der Waals surface area contributed by atoms with Crippen LogP contribution in [-0.2, 0) is 23.9 Å². The van der Waals surface area contributed by atoms with E-state index in [0.29, 0.717) is 5.56 Å². The lowest BCUT2D eigenvalue weighted by Crippen LogP contribution is -2.53. The SMILES string of the molecule is CCOC(=O)C[C@@H](c1ccc([N+](=O)[O-])cc1)[C@H](NC(=O)[C@H](CC(C)C)NC(C)=O)C(=O)O. The van der Waals surface area contributed by atoms with Crippen LogP contribution in [0.4, 0.5) is 5.69 Å². The summed E-state index contributed by atoms with van der Waals surface area (Å²) in [6.45, 7) is 6.61. The fourth-order valence-electron chi connectivity index (χ4n) is 3.21. The number of non-ortho nitro benzene ring substituents is 1. The average Bonchev–Trinajstić information content (AvgIpc) is 2.69. The summed E-state index contributed by atoms with van der Waals surface area (Å²) < 4.78 is 4.93. The molecule has 0 radical (unpaired) electrons. The number of benzene rings is 1. The smallest absolute Gasteiger partial charge is 0.326 e. The number of hydrogen-bond acceptors (Lipinski definition) is 7. The molecule has 0 unspecified atom stereocenters. The molecule has 3 N–H and O–H groups in total. The van der Waals surface area contributed by atoms with Crippen LogP contribution in [0.3, 0.4) is 0 Å². The van der Waals surface area contributed by atoms with Gasteiger partial charge in [0, 0.05) is 25.0 Å². The summed E-state index contributed by atoms with van der Waals surface area (Å²) >= 11 is 0. The summed E-state index contributed by atoms with van der Waals surface area (Å²) in [5.41, 5.74) is 0.0958. The fourth-order valence-corrected chi connectivity index (χ4v) is 3.21. The predicted molar refractivity (Wildman–Crippen MR) is 114 cm³/mol. The summed E-state index contributed by atoms with van der Waals surface area (Å²) in [6.07, 6.45) is -0.101. The van der Waals surface area contributed by atoms with E-state index in [1.54, 1.807) is 6.92 Å². The molecule has 1 aromatic carbocycles. The number of carboxylic acids is 1. The molecule has 1 rings (SSSR count). The van der Waals surface area contributed by atoms with E-state index in [0.717, 1.165) is 0 Å². The third-order valence-electron chi connectivity index (χ3n) is 4.59. The van der Waals surface area contributed by atoms with Crippen LogP contribution >= 0.6 is 0 Å². The lowest BCUT2D eigenvalue weighted by Gasteiger charge is -2.27. The zero-order valence-corrected chi connectivity index (χ0v) is 18.5. The fraction of sp³-hybridized carbons (Fsp3) is 0.524. The van der Waals surface area contributed by atoms with E-state index in [9.17, 15) is 34.4 Å². The van der Waals surface area contributed by atoms with E-state index in [1.807, 2.05) is 13.8 Å². The minimum absolute atomic E-state index is 0.0332. The molecular weight excluding hydrogens is 422 g/mol. The van der Waals surface area contributed by atoms with Crippen molar-refractivity contribution in [2.75, 3.05) is 6.61 Å². The van der Waals surface area contributed by atoms with Crippen LogP contribution in [0.25, 0.3) is 0 Å². The van der Waals surface area contributed by atoms with Crippen molar-refractivity contribution in [3.05, 3.63) is 39.9 Å². The van der Waals surface area contributed by atoms with E-state index in [4.69, 9.17) is 4.74 Å². The Balaban J connectivity index is 3.28. The molecule has 11 heteroatoms. The Kier molecular flexibility index (Phi) is 10.3. The molecule has 176 valence electrons. The first kappa shape index (κ1) is 26.5. The van der Waals surface area contributed by atoms with Crippen LogP contribution in [-0.4, -0.2) is 52.5 Å². The van der Waals surface area contributed by atoms with Gasteiger partial charge < -0.3 is 20.5 Å². The van der Waals surface area contributed by atoms with Crippen molar-refractivity contribution < 1.29 is 33.9 Å². The number of aliphatic carboxylic acids is 1. The molecule has 0 heterocycles. The second-order valence-corrected chi connectivity index (χ2v) is 7.67. The number of rotatable bonds is 12. The summed E-state index contributed by atoms with van der Waals surface area (Å²) in [5, 5.41) is 25.7. The van der Waals surface area contributed by atoms with Crippen molar-refractivity contribution in [2.45, 2.75) is 58.5 Å². The van der Waals surface area contributed by atoms with E-state index in [1.165, 1.54) is 31.2 Å². The molecule has 32 heavy (non-hydrogen) atoms. The van der Waals surface area contributed by atoms with Crippen molar-refractivity contribution >= 4 is 29.4 Å². The van der Waals surface area contributed by atoms with Gasteiger partial charge in [0.15, 0.2) is 0 Å². The summed E-state index contributed by atoms with van der Waals surface area (Å²) in [7, 11) is 0. The van der Waals surface area contributed by atoms with Gasteiger partial charge in [0.25, 0.3) is 5.69 Å². The number of nitro benzene ring substituents is 1. The van der Waals surface area contributed by atoms with E-state index in [-0.39, 0.29) is 31.1 Å². The van der Waals surface area contributed by atoms with Crippen molar-refractivity contribution in [1.82, 2.24) is 10.6 Å². The Morgan fingerprint density at radius 2 is 1.72 bits per heavy atom. The number of carboxylic acid groups (broad SMARTS) is 1. The molecular formula is C21H29N3O8. The topological polar surface area (TPSA) is 165 Å². The molecule has 11 nitrogen and oxygen atoms in total. The van der Waals surface area contributed by atoms with Gasteiger partial charge >= 0.3 is 11.9 Å². The highest BCUT2D eigenvalue weighted by atomic mass is 16.6. The number of ether oxygens (including phenoxy) is 1. The van der Waals surface area contributed by atoms with Gasteiger partial charge in [0.1, 0.15) is 12.1 Å². The van der Waals surface area contributed by atoms with Crippen LogP contribution in [0.15, 0.2) is 24.3 Å². The number of nitrogens with one attached hydrogen (secondary N) is 2. The Labute approximate surface area is 185 Å². The van der Waals surface area contributed by atoms with Crippen LogP contribution in [0.2, 0.25) is 0 Å². The molecule has 0 saturated carbocycles. The van der Waals surface area contributed by atoms with Gasteiger partial charge in [-0.3, -0.25) is 24.5 Å². The van der Waals surface area contributed by atoms with Crippen LogP contribution < -0.4 is 10.6 Å². The van der Waals surface area contributed by atoms with Crippen LogP contribution in [0.5, 0.6) is 0 Å². The van der Waals surface area contributed by atoms with Crippen molar-refractivity contribution in [3.8, 4) is 0 Å². The summed E-state index contributed by atoms with van der Waals surface area (Å²) in [6, 6.07) is 2.54. The monoisotopic (exact) mass is 451 g/mol. The maximum Gasteiger partial charge on any atom is 0.326 e. The molecule has 0 saturated heterocycles. The number of nitrogens with zero attached hydrogens (tertiary/aromatic N) is 1. The first-order chi connectivity index (χ1) is 15.0. The third kappa shape index (κ3) is 8.32. The predicted octanol–water partition coefficient (Wildman–Crippen LogP) is 1.75. The molecule has 0 spiro atoms. The van der Waals surface area contributed by atoms with Crippen molar-refractivity contribution in [2.24, 2.45) is 5.92 Å². The number of carbonyl (C=O) groups excluding carboxylic acids is 3. The van der Waals surface area contributed by atoms with Gasteiger partial charge in [0.05, 0.1) is 18.0 Å². The second kappa shape index (κ2) is 12.4. The zero-order valence-electron chi connectivity index (χ0n) is 18.5. The van der Waals surface area contributed by atoms with E-state index < -0.39 is 46.7 Å². The first-order valence-electron chi connectivity index (χ1n) is 10.2. The molecule has 0 aromatic heterocycles. The van der Waals surface area contributed by atoms with E-state index >= 15 is 0 Å². The third-order valence-corrected chi connectivity index (χ3v) is 4.59. The lowest BCUT2D eigenvalue weighted by atomic mass is 9.87.